The highest BCUT2D eigenvalue weighted by Gasteiger charge is 2.74. The molecule has 3 fully saturated rings. The molecule has 0 radical (unpaired) electrons. The van der Waals surface area contributed by atoms with Gasteiger partial charge in [-0.2, -0.15) is 0 Å². The molecular weight excluding hydrogens is 538 g/mol. The average molecular weight is 582 g/mol. The Kier molecular flexibility index (Phi) is 10.6. The van der Waals surface area contributed by atoms with Gasteiger partial charge in [-0.05, 0) is 31.2 Å². The molecular formula is C32H43N3O7. The molecule has 0 saturated carbocycles. The van der Waals surface area contributed by atoms with Gasteiger partial charge in [0, 0.05) is 26.1 Å². The summed E-state index contributed by atoms with van der Waals surface area (Å²) in [6.07, 6.45) is 6.13. The fourth-order valence-corrected chi connectivity index (χ4v) is 6.69. The van der Waals surface area contributed by atoms with Gasteiger partial charge in [0.1, 0.15) is 18.2 Å². The molecule has 3 amide bonds. The standard InChI is InChI=1S/C32H43N3O7/c1-4-7-14-25(37)41-21-23(22-12-10-9-11-13-22)33-29(38)26-24-15-16-32(42-24)27(26)30(39)35(19-20-36)28(32)31(40)34(17-6-3)18-8-5-2/h4,6,9-13,23-24,26-28,36H,1,3,5,7-8,14-21H2,2H3,(H,33,38)/t23-,24+,26-,27-,28+,32-/m0/s1. The van der Waals surface area contributed by atoms with Crippen molar-refractivity contribution in [3.8, 4) is 0 Å². The molecule has 42 heavy (non-hydrogen) atoms. The zero-order valence-electron chi connectivity index (χ0n) is 24.4. The van der Waals surface area contributed by atoms with Crippen LogP contribution in [0.3, 0.4) is 0 Å². The Labute approximate surface area is 247 Å². The average Bonchev–Trinajstić information content (AvgIpc) is 3.64. The molecule has 1 spiro atoms. The summed E-state index contributed by atoms with van der Waals surface area (Å²) in [6, 6.07) is 7.63. The SMILES string of the molecule is C=CCCC(=O)OC[C@H](NC(=O)[C@@H]1[C@H]2C(=O)N(CCO)[C@H](C(=O)N(CC=C)CCCC)[C@]23CC[C@H]1O3)c1ccccc1. The number of unbranched alkanes of at least 4 members (excludes halogenated alkanes) is 1. The molecule has 3 aliphatic rings. The van der Waals surface area contributed by atoms with E-state index >= 15 is 0 Å². The maximum Gasteiger partial charge on any atom is 0.306 e. The largest absolute Gasteiger partial charge is 0.463 e. The molecule has 10 heteroatoms. The molecule has 2 bridgehead atoms. The predicted molar refractivity (Wildman–Crippen MR) is 156 cm³/mol. The van der Waals surface area contributed by atoms with E-state index in [0.717, 1.165) is 18.4 Å². The quantitative estimate of drug-likeness (QED) is 0.227. The van der Waals surface area contributed by atoms with Crippen molar-refractivity contribution in [2.75, 3.05) is 32.8 Å². The van der Waals surface area contributed by atoms with Gasteiger partial charge in [0.15, 0.2) is 0 Å². The number of hydrogen-bond donors (Lipinski definition) is 2. The van der Waals surface area contributed by atoms with E-state index in [1.807, 2.05) is 37.3 Å². The smallest absolute Gasteiger partial charge is 0.306 e. The van der Waals surface area contributed by atoms with Crippen LogP contribution in [0.1, 0.15) is 57.1 Å². The fraction of sp³-hybridized carbons (Fsp3) is 0.562. The number of rotatable bonds is 16. The van der Waals surface area contributed by atoms with E-state index in [1.165, 1.54) is 4.90 Å². The van der Waals surface area contributed by atoms with Crippen molar-refractivity contribution in [1.82, 2.24) is 15.1 Å². The van der Waals surface area contributed by atoms with Crippen molar-refractivity contribution < 1.29 is 33.8 Å². The first-order valence-electron chi connectivity index (χ1n) is 14.9. The maximum atomic E-state index is 14.0. The number of carbonyl (C=O) groups is 4. The molecule has 2 N–H and O–H groups in total. The van der Waals surface area contributed by atoms with Crippen LogP contribution in [0.25, 0.3) is 0 Å². The molecule has 0 aliphatic carbocycles. The van der Waals surface area contributed by atoms with Gasteiger partial charge >= 0.3 is 5.97 Å². The van der Waals surface area contributed by atoms with Crippen LogP contribution >= 0.6 is 0 Å². The molecule has 6 atom stereocenters. The van der Waals surface area contributed by atoms with Gasteiger partial charge in [-0.25, -0.2) is 0 Å². The topological polar surface area (TPSA) is 125 Å². The lowest BCUT2D eigenvalue weighted by molar-refractivity contribution is -0.148. The number of esters is 1. The number of likely N-dealkylation sites (tertiary alicyclic amines) is 1. The maximum absolute atomic E-state index is 14.0. The van der Waals surface area contributed by atoms with Gasteiger partial charge in [0.2, 0.25) is 17.7 Å². The van der Waals surface area contributed by atoms with Gasteiger partial charge in [0.25, 0.3) is 0 Å². The Morgan fingerprint density at radius 1 is 1.26 bits per heavy atom. The number of allylic oxidation sites excluding steroid dienone is 1. The Morgan fingerprint density at radius 2 is 2.02 bits per heavy atom. The molecule has 3 heterocycles. The first-order chi connectivity index (χ1) is 20.3. The van der Waals surface area contributed by atoms with Gasteiger partial charge in [-0.3, -0.25) is 19.2 Å². The van der Waals surface area contributed by atoms with Gasteiger partial charge in [-0.15, -0.1) is 13.2 Å². The van der Waals surface area contributed by atoms with Crippen LogP contribution in [0.4, 0.5) is 0 Å². The predicted octanol–water partition coefficient (Wildman–Crippen LogP) is 2.53. The lowest BCUT2D eigenvalue weighted by Gasteiger charge is -2.36. The number of fused-ring (bicyclic) bond motifs is 1. The number of nitrogens with one attached hydrogen (secondary N) is 1. The molecule has 0 unspecified atom stereocenters. The fourth-order valence-electron chi connectivity index (χ4n) is 6.69. The second-order valence-electron chi connectivity index (χ2n) is 11.2. The normalized spacial score (nSPS) is 26.4. The van der Waals surface area contributed by atoms with Crippen LogP contribution in [0.15, 0.2) is 55.6 Å². The molecule has 3 aliphatic heterocycles. The lowest BCUT2D eigenvalue weighted by atomic mass is 9.70. The minimum absolute atomic E-state index is 0.0289. The summed E-state index contributed by atoms with van der Waals surface area (Å²) in [5.74, 6) is -3.07. The number of β-amino-alcohol motifs (C(OH)–C–C–N with tert-alkyl or cyclic N) is 1. The summed E-state index contributed by atoms with van der Waals surface area (Å²) in [5, 5.41) is 12.9. The minimum atomic E-state index is -1.15. The molecule has 4 rings (SSSR count). The number of carbonyl (C=O) groups excluding carboxylic acids is 4. The number of aliphatic hydroxyl groups excluding tert-OH is 1. The molecule has 3 saturated heterocycles. The second kappa shape index (κ2) is 14.1. The Morgan fingerprint density at radius 3 is 2.69 bits per heavy atom. The summed E-state index contributed by atoms with van der Waals surface area (Å²) >= 11 is 0. The van der Waals surface area contributed by atoms with Gasteiger partial charge < -0.3 is 29.7 Å². The minimum Gasteiger partial charge on any atom is -0.463 e. The van der Waals surface area contributed by atoms with Crippen LogP contribution in [-0.2, 0) is 28.7 Å². The Hall–Kier alpha value is -3.50. The zero-order chi connectivity index (χ0) is 30.3. The second-order valence-corrected chi connectivity index (χ2v) is 11.2. The number of benzene rings is 1. The lowest BCUT2D eigenvalue weighted by Crippen LogP contribution is -2.56. The third kappa shape index (κ3) is 6.15. The summed E-state index contributed by atoms with van der Waals surface area (Å²) in [6.45, 7) is 9.88. The monoisotopic (exact) mass is 581 g/mol. The Bertz CT molecular complexity index is 1160. The highest BCUT2D eigenvalue weighted by molar-refractivity contribution is 5.99. The Balaban J connectivity index is 1.60. The molecule has 228 valence electrons. The molecule has 10 nitrogen and oxygen atoms in total. The van der Waals surface area contributed by atoms with Crippen LogP contribution in [0.5, 0.6) is 0 Å². The number of amides is 3. The molecule has 1 aromatic carbocycles. The van der Waals surface area contributed by atoms with E-state index in [4.69, 9.17) is 9.47 Å². The van der Waals surface area contributed by atoms with Gasteiger partial charge in [-0.1, -0.05) is 55.8 Å². The van der Waals surface area contributed by atoms with E-state index < -0.39 is 41.6 Å². The van der Waals surface area contributed by atoms with E-state index in [-0.39, 0.29) is 43.9 Å². The summed E-state index contributed by atoms with van der Waals surface area (Å²) in [4.78, 5) is 57.3. The van der Waals surface area contributed by atoms with E-state index in [0.29, 0.717) is 32.4 Å². The highest BCUT2D eigenvalue weighted by atomic mass is 16.5. The summed E-state index contributed by atoms with van der Waals surface area (Å²) < 4.78 is 12.0. The van der Waals surface area contributed by atoms with E-state index in [1.54, 1.807) is 17.1 Å². The van der Waals surface area contributed by atoms with Crippen molar-refractivity contribution in [3.05, 3.63) is 61.2 Å². The van der Waals surface area contributed by atoms with Crippen molar-refractivity contribution in [3.63, 3.8) is 0 Å². The van der Waals surface area contributed by atoms with Crippen LogP contribution in [0, 0.1) is 11.8 Å². The summed E-state index contributed by atoms with van der Waals surface area (Å²) in [7, 11) is 0. The number of aliphatic hydroxyl groups is 1. The van der Waals surface area contributed by atoms with Crippen LogP contribution in [-0.4, -0.2) is 89.2 Å². The molecule has 1 aromatic rings. The van der Waals surface area contributed by atoms with E-state index in [9.17, 15) is 24.3 Å². The van der Waals surface area contributed by atoms with Crippen molar-refractivity contribution in [1.29, 1.82) is 0 Å². The number of hydrogen-bond acceptors (Lipinski definition) is 7. The van der Waals surface area contributed by atoms with Gasteiger partial charge in [0.05, 0.1) is 30.6 Å². The van der Waals surface area contributed by atoms with Crippen molar-refractivity contribution in [2.45, 2.75) is 69.2 Å². The highest BCUT2D eigenvalue weighted by Crippen LogP contribution is 2.58. The summed E-state index contributed by atoms with van der Waals surface area (Å²) in [5.41, 5.74) is -0.397. The molecule has 0 aromatic heterocycles. The number of ether oxygens (including phenoxy) is 2. The first-order valence-corrected chi connectivity index (χ1v) is 14.9. The van der Waals surface area contributed by atoms with Crippen molar-refractivity contribution in [2.24, 2.45) is 11.8 Å². The third-order valence-electron chi connectivity index (χ3n) is 8.60. The van der Waals surface area contributed by atoms with Crippen LogP contribution < -0.4 is 5.32 Å². The third-order valence-corrected chi connectivity index (χ3v) is 8.60. The number of nitrogens with zero attached hydrogens (tertiary/aromatic N) is 2. The van der Waals surface area contributed by atoms with E-state index in [2.05, 4.69) is 18.5 Å². The van der Waals surface area contributed by atoms with Crippen LogP contribution in [0.2, 0.25) is 0 Å². The van der Waals surface area contributed by atoms with Crippen molar-refractivity contribution >= 4 is 23.7 Å². The first kappa shape index (κ1) is 31.4. The zero-order valence-corrected chi connectivity index (χ0v) is 24.4.